The highest BCUT2D eigenvalue weighted by Crippen LogP contribution is 2.36. The Kier molecular flexibility index (Phi) is 4.93. The van der Waals surface area contributed by atoms with E-state index in [1.165, 1.54) is 41.2 Å². The maximum atomic E-state index is 12.8. The third-order valence-electron chi connectivity index (χ3n) is 4.14. The highest BCUT2D eigenvalue weighted by atomic mass is 19.4. The number of urea groups is 1. The third-order valence-corrected chi connectivity index (χ3v) is 4.14. The quantitative estimate of drug-likeness (QED) is 0.743. The Labute approximate surface area is 152 Å². The molecule has 1 aliphatic rings. The molecule has 2 aromatic carbocycles. The molecule has 1 aliphatic heterocycles. The Balaban J connectivity index is 1.87. The van der Waals surface area contributed by atoms with Crippen LogP contribution in [0, 0.1) is 0 Å². The first-order valence-electron chi connectivity index (χ1n) is 7.90. The molecule has 0 bridgehead atoms. The number of carbonyl (C=O) groups is 2. The first-order valence-corrected chi connectivity index (χ1v) is 7.90. The molecule has 0 atom stereocenters. The van der Waals surface area contributed by atoms with Crippen LogP contribution in [0.15, 0.2) is 42.5 Å². The summed E-state index contributed by atoms with van der Waals surface area (Å²) in [4.78, 5) is 26.1. The molecule has 1 fully saturated rings. The second kappa shape index (κ2) is 7.18. The van der Waals surface area contributed by atoms with Gasteiger partial charge in [-0.1, -0.05) is 0 Å². The van der Waals surface area contributed by atoms with E-state index in [0.717, 1.165) is 12.1 Å². The fraction of sp³-hybridized carbons (Fsp3) is 0.222. The Bertz CT molecular complexity index is 853. The third kappa shape index (κ3) is 3.67. The van der Waals surface area contributed by atoms with Crippen molar-refractivity contribution in [2.75, 3.05) is 30.0 Å². The highest BCUT2D eigenvalue weighted by Gasteiger charge is 2.34. The summed E-state index contributed by atoms with van der Waals surface area (Å²) in [5.41, 5.74) is -0.0267. The largest absolute Gasteiger partial charge is 0.495 e. The van der Waals surface area contributed by atoms with Crippen LogP contribution in [0.25, 0.3) is 0 Å². The van der Waals surface area contributed by atoms with Crippen molar-refractivity contribution in [3.63, 3.8) is 0 Å². The van der Waals surface area contributed by atoms with E-state index in [1.807, 2.05) is 0 Å². The number of hydrogen-bond acceptors (Lipinski definition) is 4. The van der Waals surface area contributed by atoms with E-state index in [1.54, 1.807) is 6.07 Å². The predicted octanol–water partition coefficient (Wildman–Crippen LogP) is 3.70. The Morgan fingerprint density at radius 1 is 1.04 bits per heavy atom. The molecular formula is C18H15F3N2O4. The van der Waals surface area contributed by atoms with Crippen LogP contribution in [-0.4, -0.2) is 32.7 Å². The lowest BCUT2D eigenvalue weighted by Crippen LogP contribution is -2.32. The number of methoxy groups -OCH3 is 1. The van der Waals surface area contributed by atoms with Gasteiger partial charge >= 0.3 is 12.2 Å². The molecule has 2 aromatic rings. The zero-order chi connectivity index (χ0) is 19.6. The lowest BCUT2D eigenvalue weighted by molar-refractivity contribution is -0.137. The van der Waals surface area contributed by atoms with Gasteiger partial charge in [-0.2, -0.15) is 13.2 Å². The first-order chi connectivity index (χ1) is 12.8. The van der Waals surface area contributed by atoms with E-state index in [4.69, 9.17) is 9.47 Å². The lowest BCUT2D eigenvalue weighted by atomic mass is 10.2. The molecule has 0 radical (unpaired) electrons. The molecular weight excluding hydrogens is 365 g/mol. The molecule has 3 rings (SSSR count). The molecule has 0 unspecified atom stereocenters. The second-order valence-corrected chi connectivity index (χ2v) is 5.68. The van der Waals surface area contributed by atoms with E-state index in [9.17, 15) is 22.8 Å². The molecule has 27 heavy (non-hydrogen) atoms. The smallest absolute Gasteiger partial charge is 0.416 e. The van der Waals surface area contributed by atoms with E-state index in [2.05, 4.69) is 0 Å². The van der Waals surface area contributed by atoms with Gasteiger partial charge in [-0.25, -0.2) is 4.79 Å². The number of hydrogen-bond donors (Lipinski definition) is 0. The summed E-state index contributed by atoms with van der Waals surface area (Å²) in [6.07, 6.45) is -4.44. The Morgan fingerprint density at radius 3 is 2.30 bits per heavy atom. The van der Waals surface area contributed by atoms with Crippen molar-refractivity contribution in [1.29, 1.82) is 0 Å². The Morgan fingerprint density at radius 2 is 1.70 bits per heavy atom. The van der Waals surface area contributed by atoms with Crippen molar-refractivity contribution in [3.8, 4) is 11.5 Å². The van der Waals surface area contributed by atoms with Crippen LogP contribution < -0.4 is 19.3 Å². The summed E-state index contributed by atoms with van der Waals surface area (Å²) in [5, 5.41) is 0. The predicted molar refractivity (Wildman–Crippen MR) is 91.2 cm³/mol. The standard InChI is InChI=1S/C18H15F3N2O4/c1-26-16-7-6-14(27-11-24)10-15(16)23-9-8-22(17(23)25)13-4-2-12(3-5-13)18(19,20)21/h2-7,10-11H,8-9H2,1H3. The average Bonchev–Trinajstić information content (AvgIpc) is 3.02. The number of ether oxygens (including phenoxy) is 2. The first kappa shape index (κ1) is 18.6. The summed E-state index contributed by atoms with van der Waals surface area (Å²) < 4.78 is 48.2. The Hall–Kier alpha value is -3.23. The molecule has 0 aliphatic carbocycles. The SMILES string of the molecule is COc1ccc(OC=O)cc1N1CCN(c2ccc(C(F)(F)F)cc2)C1=O. The van der Waals surface area contributed by atoms with Crippen LogP contribution in [0.3, 0.4) is 0 Å². The molecule has 1 heterocycles. The van der Waals surface area contributed by atoms with Gasteiger partial charge in [-0.3, -0.25) is 14.6 Å². The van der Waals surface area contributed by atoms with Gasteiger partial charge < -0.3 is 9.47 Å². The minimum absolute atomic E-state index is 0.238. The normalized spacial score (nSPS) is 14.4. The zero-order valence-corrected chi connectivity index (χ0v) is 14.2. The number of alkyl halides is 3. The molecule has 1 saturated heterocycles. The number of anilines is 2. The zero-order valence-electron chi connectivity index (χ0n) is 14.2. The number of halogens is 3. The van der Waals surface area contributed by atoms with Gasteiger partial charge in [0.05, 0.1) is 18.4 Å². The van der Waals surface area contributed by atoms with E-state index < -0.39 is 17.8 Å². The number of nitrogens with zero attached hydrogens (tertiary/aromatic N) is 2. The van der Waals surface area contributed by atoms with Crippen molar-refractivity contribution in [2.24, 2.45) is 0 Å². The summed E-state index contributed by atoms with van der Waals surface area (Å²) in [5.74, 6) is 0.637. The van der Waals surface area contributed by atoms with Crippen LogP contribution in [0.2, 0.25) is 0 Å². The van der Waals surface area contributed by atoms with Crippen LogP contribution in [-0.2, 0) is 11.0 Å². The van der Waals surface area contributed by atoms with Crippen molar-refractivity contribution in [2.45, 2.75) is 6.18 Å². The summed E-state index contributed by atoms with van der Waals surface area (Å²) >= 11 is 0. The van der Waals surface area contributed by atoms with Gasteiger partial charge in [0.1, 0.15) is 11.5 Å². The number of carbonyl (C=O) groups excluding carboxylic acids is 2. The van der Waals surface area contributed by atoms with Crippen LogP contribution in [0.1, 0.15) is 5.56 Å². The van der Waals surface area contributed by atoms with E-state index >= 15 is 0 Å². The fourth-order valence-electron chi connectivity index (χ4n) is 2.84. The summed E-state index contributed by atoms with van der Waals surface area (Å²) in [7, 11) is 1.44. The second-order valence-electron chi connectivity index (χ2n) is 5.68. The van der Waals surface area contributed by atoms with Gasteiger partial charge in [-0.05, 0) is 36.4 Å². The number of benzene rings is 2. The van der Waals surface area contributed by atoms with Gasteiger partial charge in [0, 0.05) is 24.8 Å². The maximum absolute atomic E-state index is 12.8. The minimum Gasteiger partial charge on any atom is -0.495 e. The topological polar surface area (TPSA) is 59.1 Å². The molecule has 0 N–H and O–H groups in total. The van der Waals surface area contributed by atoms with Crippen molar-refractivity contribution < 1.29 is 32.2 Å². The molecule has 0 spiro atoms. The molecule has 0 aromatic heterocycles. The van der Waals surface area contributed by atoms with Crippen molar-refractivity contribution >= 4 is 23.9 Å². The highest BCUT2D eigenvalue weighted by molar-refractivity contribution is 6.07. The summed E-state index contributed by atoms with van der Waals surface area (Å²) in [6.45, 7) is 0.846. The van der Waals surface area contributed by atoms with Crippen LogP contribution in [0.5, 0.6) is 11.5 Å². The number of rotatable bonds is 5. The maximum Gasteiger partial charge on any atom is 0.416 e. The summed E-state index contributed by atoms with van der Waals surface area (Å²) in [6, 6.07) is 8.53. The van der Waals surface area contributed by atoms with Gasteiger partial charge in [0.2, 0.25) is 0 Å². The number of amides is 2. The molecule has 9 heteroatoms. The van der Waals surface area contributed by atoms with Gasteiger partial charge in [0.25, 0.3) is 6.47 Å². The van der Waals surface area contributed by atoms with Crippen molar-refractivity contribution in [1.82, 2.24) is 0 Å². The van der Waals surface area contributed by atoms with Crippen LogP contribution in [0.4, 0.5) is 29.3 Å². The van der Waals surface area contributed by atoms with Gasteiger partial charge in [-0.15, -0.1) is 0 Å². The molecule has 2 amide bonds. The van der Waals surface area contributed by atoms with Crippen LogP contribution >= 0.6 is 0 Å². The molecule has 142 valence electrons. The monoisotopic (exact) mass is 380 g/mol. The van der Waals surface area contributed by atoms with E-state index in [-0.39, 0.29) is 18.8 Å². The minimum atomic E-state index is -4.44. The van der Waals surface area contributed by atoms with Crippen molar-refractivity contribution in [3.05, 3.63) is 48.0 Å². The lowest BCUT2D eigenvalue weighted by Gasteiger charge is -2.21. The van der Waals surface area contributed by atoms with Gasteiger partial charge in [0.15, 0.2) is 0 Å². The van der Waals surface area contributed by atoms with E-state index in [0.29, 0.717) is 23.7 Å². The molecule has 0 saturated carbocycles. The molecule has 6 nitrogen and oxygen atoms in total. The average molecular weight is 380 g/mol. The fourth-order valence-corrected chi connectivity index (χ4v) is 2.84.